The highest BCUT2D eigenvalue weighted by Gasteiger charge is 2.14. The minimum Gasteiger partial charge on any atom is -0.457 e. The third-order valence-corrected chi connectivity index (χ3v) is 2.99. The average Bonchev–Trinajstić information content (AvgIpc) is 2.82. The molecule has 0 radical (unpaired) electrons. The minimum atomic E-state index is -0.405. The zero-order valence-corrected chi connectivity index (χ0v) is 11.0. The molecule has 2 aromatic rings. The summed E-state index contributed by atoms with van der Waals surface area (Å²) in [5, 5.41) is 0. The summed E-state index contributed by atoms with van der Waals surface area (Å²) in [5.74, 6) is 0.0618. The van der Waals surface area contributed by atoms with Gasteiger partial charge in [-0.15, -0.1) is 0 Å². The van der Waals surface area contributed by atoms with Crippen LogP contribution in [0.2, 0.25) is 0 Å². The van der Waals surface area contributed by atoms with E-state index in [4.69, 9.17) is 10.2 Å². The Kier molecular flexibility index (Phi) is 3.93. The fourth-order valence-electron chi connectivity index (χ4n) is 1.58. The van der Waals surface area contributed by atoms with Crippen LogP contribution in [0, 0.1) is 5.82 Å². The van der Waals surface area contributed by atoms with Crippen molar-refractivity contribution in [2.24, 2.45) is 5.73 Å². The summed E-state index contributed by atoms with van der Waals surface area (Å²) >= 11 is 3.24. The van der Waals surface area contributed by atoms with Gasteiger partial charge in [0.05, 0.1) is 6.54 Å². The molecule has 94 valence electrons. The maximum atomic E-state index is 13.5. The molecule has 0 aliphatic heterocycles. The van der Waals surface area contributed by atoms with Gasteiger partial charge in [-0.05, 0) is 35.9 Å². The molecule has 0 atom stereocenters. The highest BCUT2D eigenvalue weighted by atomic mass is 79.9. The smallest absolute Gasteiger partial charge is 0.202 e. The number of furan rings is 1. The number of Topliss-reactive ketones (excluding diaryl/α,β-unsaturated/α-hetero) is 1. The molecule has 1 heterocycles. The van der Waals surface area contributed by atoms with Crippen LogP contribution in [0.1, 0.15) is 21.9 Å². The molecule has 5 heteroatoms. The second kappa shape index (κ2) is 5.46. The monoisotopic (exact) mass is 311 g/mol. The van der Waals surface area contributed by atoms with Crippen LogP contribution in [-0.4, -0.2) is 5.78 Å². The van der Waals surface area contributed by atoms with Gasteiger partial charge in [0, 0.05) is 10.9 Å². The molecule has 0 amide bonds. The lowest BCUT2D eigenvalue weighted by atomic mass is 10.1. The van der Waals surface area contributed by atoms with E-state index in [2.05, 4.69) is 15.9 Å². The van der Waals surface area contributed by atoms with Crippen molar-refractivity contribution in [3.8, 4) is 0 Å². The molecule has 0 fully saturated rings. The molecule has 0 aliphatic carbocycles. The van der Waals surface area contributed by atoms with Crippen LogP contribution in [0.3, 0.4) is 0 Å². The number of carbonyl (C=O) groups is 1. The standard InChI is InChI=1S/C13H11BrFNO2/c14-9-1-3-11(15)8(5-9)6-12(17)13-4-2-10(7-16)18-13/h1-5H,6-7,16H2. The number of nitrogens with two attached hydrogens (primary N) is 1. The van der Waals surface area contributed by atoms with Crippen LogP contribution in [0.4, 0.5) is 4.39 Å². The van der Waals surface area contributed by atoms with Crippen molar-refractivity contribution in [2.45, 2.75) is 13.0 Å². The SMILES string of the molecule is NCc1ccc(C(=O)Cc2cc(Br)ccc2F)o1. The fourth-order valence-corrected chi connectivity index (χ4v) is 1.98. The third kappa shape index (κ3) is 2.86. The summed E-state index contributed by atoms with van der Waals surface area (Å²) in [7, 11) is 0. The summed E-state index contributed by atoms with van der Waals surface area (Å²) in [6.07, 6.45) is -0.0389. The van der Waals surface area contributed by atoms with Crippen LogP contribution in [-0.2, 0) is 13.0 Å². The van der Waals surface area contributed by atoms with Gasteiger partial charge in [-0.25, -0.2) is 4.39 Å². The largest absolute Gasteiger partial charge is 0.457 e. The summed E-state index contributed by atoms with van der Waals surface area (Å²) in [6.45, 7) is 0.235. The number of hydrogen-bond acceptors (Lipinski definition) is 3. The van der Waals surface area contributed by atoms with Gasteiger partial charge in [0.15, 0.2) is 5.76 Å². The van der Waals surface area contributed by atoms with E-state index in [1.807, 2.05) is 0 Å². The maximum Gasteiger partial charge on any atom is 0.202 e. The molecule has 2 rings (SSSR count). The summed E-state index contributed by atoms with van der Waals surface area (Å²) in [6, 6.07) is 7.69. The topological polar surface area (TPSA) is 56.2 Å². The number of carbonyl (C=O) groups excluding carboxylic acids is 1. The molecule has 0 unspecified atom stereocenters. The van der Waals surface area contributed by atoms with Gasteiger partial charge in [0.2, 0.25) is 5.78 Å². The van der Waals surface area contributed by atoms with E-state index in [-0.39, 0.29) is 24.5 Å². The van der Waals surface area contributed by atoms with Gasteiger partial charge >= 0.3 is 0 Å². The quantitative estimate of drug-likeness (QED) is 0.883. The van der Waals surface area contributed by atoms with Crippen LogP contribution >= 0.6 is 15.9 Å². The first-order valence-electron chi connectivity index (χ1n) is 5.36. The molecule has 0 bridgehead atoms. The van der Waals surface area contributed by atoms with Crippen molar-refractivity contribution in [3.05, 3.63) is 57.7 Å². The van der Waals surface area contributed by atoms with Crippen molar-refractivity contribution in [1.82, 2.24) is 0 Å². The van der Waals surface area contributed by atoms with Gasteiger partial charge in [0.25, 0.3) is 0 Å². The Labute approximate surface area is 112 Å². The summed E-state index contributed by atoms with van der Waals surface area (Å²) in [4.78, 5) is 11.9. The van der Waals surface area contributed by atoms with E-state index in [9.17, 15) is 9.18 Å². The number of rotatable bonds is 4. The Morgan fingerprint density at radius 3 is 2.78 bits per heavy atom. The van der Waals surface area contributed by atoms with Crippen LogP contribution in [0.15, 0.2) is 39.2 Å². The summed E-state index contributed by atoms with van der Waals surface area (Å²) in [5.41, 5.74) is 5.72. The fraction of sp³-hybridized carbons (Fsp3) is 0.154. The third-order valence-electron chi connectivity index (χ3n) is 2.50. The number of ketones is 1. The number of halogens is 2. The Bertz CT molecular complexity index is 580. The van der Waals surface area contributed by atoms with E-state index in [0.717, 1.165) is 4.47 Å². The molecule has 0 aliphatic rings. The average molecular weight is 312 g/mol. The number of hydrogen-bond donors (Lipinski definition) is 1. The molecule has 0 saturated carbocycles. The van der Waals surface area contributed by atoms with E-state index >= 15 is 0 Å². The molecular formula is C13H11BrFNO2. The zero-order valence-electron chi connectivity index (χ0n) is 9.45. The lowest BCUT2D eigenvalue weighted by Crippen LogP contribution is -2.04. The predicted octanol–water partition coefficient (Wildman–Crippen LogP) is 3.07. The first kappa shape index (κ1) is 13.0. The van der Waals surface area contributed by atoms with Crippen LogP contribution in [0.25, 0.3) is 0 Å². The highest BCUT2D eigenvalue weighted by Crippen LogP contribution is 2.18. The molecular weight excluding hydrogens is 301 g/mol. The minimum absolute atomic E-state index is 0.0389. The lowest BCUT2D eigenvalue weighted by Gasteiger charge is -2.02. The lowest BCUT2D eigenvalue weighted by molar-refractivity contribution is 0.0963. The zero-order chi connectivity index (χ0) is 13.1. The Morgan fingerprint density at radius 1 is 1.33 bits per heavy atom. The molecule has 0 spiro atoms. The second-order valence-electron chi connectivity index (χ2n) is 3.81. The van der Waals surface area contributed by atoms with Gasteiger partial charge in [0.1, 0.15) is 11.6 Å². The van der Waals surface area contributed by atoms with Crippen molar-refractivity contribution in [3.63, 3.8) is 0 Å². The van der Waals surface area contributed by atoms with Crippen LogP contribution < -0.4 is 5.73 Å². The highest BCUT2D eigenvalue weighted by molar-refractivity contribution is 9.10. The molecule has 18 heavy (non-hydrogen) atoms. The van der Waals surface area contributed by atoms with Crippen LogP contribution in [0.5, 0.6) is 0 Å². The first-order chi connectivity index (χ1) is 8.60. The van der Waals surface area contributed by atoms with Gasteiger partial charge in [-0.1, -0.05) is 15.9 Å². The Balaban J connectivity index is 2.18. The Morgan fingerprint density at radius 2 is 2.11 bits per heavy atom. The first-order valence-corrected chi connectivity index (χ1v) is 6.15. The molecule has 1 aromatic heterocycles. The van der Waals surface area contributed by atoms with Gasteiger partial charge in [-0.3, -0.25) is 4.79 Å². The van der Waals surface area contributed by atoms with E-state index in [1.54, 1.807) is 24.3 Å². The van der Waals surface area contributed by atoms with E-state index in [1.165, 1.54) is 6.07 Å². The Hall–Kier alpha value is -1.46. The van der Waals surface area contributed by atoms with Crippen molar-refractivity contribution >= 4 is 21.7 Å². The van der Waals surface area contributed by atoms with Crippen molar-refractivity contribution < 1.29 is 13.6 Å². The predicted molar refractivity (Wildman–Crippen MR) is 68.7 cm³/mol. The second-order valence-corrected chi connectivity index (χ2v) is 4.72. The normalized spacial score (nSPS) is 10.6. The van der Waals surface area contributed by atoms with E-state index < -0.39 is 5.82 Å². The number of benzene rings is 1. The molecule has 2 N–H and O–H groups in total. The maximum absolute atomic E-state index is 13.5. The van der Waals surface area contributed by atoms with Gasteiger partial charge in [-0.2, -0.15) is 0 Å². The van der Waals surface area contributed by atoms with Gasteiger partial charge < -0.3 is 10.2 Å². The molecule has 0 saturated heterocycles. The van der Waals surface area contributed by atoms with Crippen molar-refractivity contribution in [2.75, 3.05) is 0 Å². The summed E-state index contributed by atoms with van der Waals surface area (Å²) < 4.78 is 19.5. The molecule has 3 nitrogen and oxygen atoms in total. The van der Waals surface area contributed by atoms with E-state index in [0.29, 0.717) is 11.3 Å². The molecule has 1 aromatic carbocycles. The van der Waals surface area contributed by atoms with Crippen molar-refractivity contribution in [1.29, 1.82) is 0 Å².